The van der Waals surface area contributed by atoms with E-state index >= 15 is 0 Å². The maximum Gasteiger partial charge on any atom is 0.119 e. The Morgan fingerprint density at radius 3 is 2.92 bits per heavy atom. The Bertz CT molecular complexity index is 1510. The van der Waals surface area contributed by atoms with Gasteiger partial charge in [-0.2, -0.15) is 5.26 Å². The lowest BCUT2D eigenvalue weighted by molar-refractivity contribution is -0.0809. The summed E-state index contributed by atoms with van der Waals surface area (Å²) < 4.78 is 13.9. The zero-order valence-electron chi connectivity index (χ0n) is 21.4. The second-order valence-electron chi connectivity index (χ2n) is 10.0. The number of hydrogen-bond donors (Lipinski definition) is 0. The quantitative estimate of drug-likeness (QED) is 0.316. The van der Waals surface area contributed by atoms with Crippen molar-refractivity contribution in [3.63, 3.8) is 0 Å². The molecule has 5 heterocycles. The number of benzene rings is 2. The Morgan fingerprint density at radius 2 is 2.13 bits per heavy atom. The average Bonchev–Trinajstić information content (AvgIpc) is 3.46. The number of nitriles is 1. The molecule has 1 unspecified atom stereocenters. The smallest absolute Gasteiger partial charge is 0.119 e. The Morgan fingerprint density at radius 1 is 1.24 bits per heavy atom. The fraction of sp³-hybridized carbons (Fsp3) is 0.333. The third-order valence-corrected chi connectivity index (χ3v) is 8.02. The molecule has 0 radical (unpaired) electrons. The summed E-state index contributed by atoms with van der Waals surface area (Å²) in [5, 5.41) is 19.2. The summed E-state index contributed by atoms with van der Waals surface area (Å²) in [6.07, 6.45) is 7.88. The van der Waals surface area contributed by atoms with E-state index < -0.39 is 0 Å². The van der Waals surface area contributed by atoms with E-state index in [1.807, 2.05) is 48.8 Å². The maximum absolute atomic E-state index is 9.48. The molecule has 0 aliphatic carbocycles. The zero-order chi connectivity index (χ0) is 26.1. The van der Waals surface area contributed by atoms with Gasteiger partial charge in [0.05, 0.1) is 42.8 Å². The number of aromatic nitrogens is 4. The van der Waals surface area contributed by atoms with E-state index in [4.69, 9.17) is 9.47 Å². The van der Waals surface area contributed by atoms with Crippen molar-refractivity contribution in [2.24, 2.45) is 11.8 Å². The van der Waals surface area contributed by atoms with E-state index in [9.17, 15) is 5.26 Å². The molecular formula is C30H30N6O2. The fourth-order valence-electron chi connectivity index (χ4n) is 6.05. The molecule has 0 N–H and O–H groups in total. The molecule has 8 nitrogen and oxygen atoms in total. The van der Waals surface area contributed by atoms with E-state index in [0.29, 0.717) is 35.4 Å². The molecule has 2 bridgehead atoms. The molecule has 0 spiro atoms. The lowest BCUT2D eigenvalue weighted by atomic mass is 9.73. The topological polar surface area (TPSA) is 89.1 Å². The number of methoxy groups -OCH3 is 1. The molecule has 5 atom stereocenters. The first kappa shape index (κ1) is 24.3. The second kappa shape index (κ2) is 10.4. The third kappa shape index (κ3) is 4.44. The van der Waals surface area contributed by atoms with E-state index in [-0.39, 0.29) is 12.1 Å². The predicted molar refractivity (Wildman–Crippen MR) is 144 cm³/mol. The van der Waals surface area contributed by atoms with E-state index in [0.717, 1.165) is 41.7 Å². The molecule has 4 aromatic rings. The highest BCUT2D eigenvalue weighted by Crippen LogP contribution is 2.44. The van der Waals surface area contributed by atoms with E-state index in [1.165, 1.54) is 6.42 Å². The van der Waals surface area contributed by atoms with Crippen molar-refractivity contribution in [2.75, 3.05) is 20.2 Å². The van der Waals surface area contributed by atoms with Crippen molar-refractivity contribution in [1.82, 2.24) is 24.9 Å². The van der Waals surface area contributed by atoms with Crippen molar-refractivity contribution in [3.8, 4) is 17.5 Å². The van der Waals surface area contributed by atoms with Gasteiger partial charge in [0.2, 0.25) is 0 Å². The second-order valence-corrected chi connectivity index (χ2v) is 10.0. The molecule has 192 valence electrons. The average molecular weight is 507 g/mol. The van der Waals surface area contributed by atoms with Crippen LogP contribution in [0.4, 0.5) is 0 Å². The van der Waals surface area contributed by atoms with Crippen LogP contribution in [0.2, 0.25) is 0 Å². The Labute approximate surface area is 222 Å². The highest BCUT2D eigenvalue weighted by molar-refractivity contribution is 5.84. The lowest BCUT2D eigenvalue weighted by Gasteiger charge is -2.51. The molecule has 3 saturated heterocycles. The molecular weight excluding hydrogens is 476 g/mol. The number of fused-ring (bicyclic) bond motifs is 4. The number of rotatable bonds is 8. The third-order valence-electron chi connectivity index (χ3n) is 8.02. The van der Waals surface area contributed by atoms with Crippen LogP contribution in [0.3, 0.4) is 0 Å². The monoisotopic (exact) mass is 506 g/mol. The Hall–Kier alpha value is -4.06. The molecule has 0 amide bonds. The maximum atomic E-state index is 9.48. The minimum absolute atomic E-state index is 0.183. The standard InChI is InChI=1S/C30H30N6O2/c1-3-20-17-35-13-11-21(20)14-29(35)30(25-10-12-32-27-9-8-24(37-2)15-26(25)27)38-19-23-18-36(34-33-23)28-7-5-4-6-22(28)16-31/h3-10,12,15,18,20-21,29-30H,1,11,13-14,17,19H2,2H3/t20-,21-,29+,30+/m0/s1. The van der Waals surface area contributed by atoms with Crippen molar-refractivity contribution in [3.05, 3.63) is 90.4 Å². The van der Waals surface area contributed by atoms with Gasteiger partial charge in [0.1, 0.15) is 17.5 Å². The highest BCUT2D eigenvalue weighted by atomic mass is 16.5. The molecule has 7 rings (SSSR count). The van der Waals surface area contributed by atoms with E-state index in [1.54, 1.807) is 17.9 Å². The molecule has 8 heteroatoms. The van der Waals surface area contributed by atoms with Gasteiger partial charge >= 0.3 is 0 Å². The molecule has 2 aromatic carbocycles. The van der Waals surface area contributed by atoms with Crippen LogP contribution in [-0.2, 0) is 11.3 Å². The van der Waals surface area contributed by atoms with Crippen molar-refractivity contribution < 1.29 is 9.47 Å². The summed E-state index contributed by atoms with van der Waals surface area (Å²) in [5.41, 5.74) is 3.96. The SMILES string of the molecule is C=C[C@H]1CN2CC[C@H]1C[C@@H]2[C@H](OCc1cn(-c2ccccc2C#N)nn1)c1ccnc2ccc(OC)cc12. The number of piperidine rings is 3. The summed E-state index contributed by atoms with van der Waals surface area (Å²) in [4.78, 5) is 7.16. The number of pyridine rings is 1. The van der Waals surface area contributed by atoms with Gasteiger partial charge in [-0.15, -0.1) is 11.7 Å². The van der Waals surface area contributed by atoms with Crippen molar-refractivity contribution >= 4 is 10.9 Å². The van der Waals surface area contributed by atoms with Crippen LogP contribution in [0.5, 0.6) is 5.75 Å². The van der Waals surface area contributed by atoms with Gasteiger partial charge in [-0.05, 0) is 73.2 Å². The van der Waals surface area contributed by atoms with Gasteiger partial charge in [0.15, 0.2) is 0 Å². The van der Waals surface area contributed by atoms with Crippen molar-refractivity contribution in [1.29, 1.82) is 5.26 Å². The molecule has 38 heavy (non-hydrogen) atoms. The predicted octanol–water partition coefficient (Wildman–Crippen LogP) is 4.85. The first-order valence-electron chi connectivity index (χ1n) is 13.0. The number of nitrogens with zero attached hydrogens (tertiary/aromatic N) is 6. The Balaban J connectivity index is 1.33. The van der Waals surface area contributed by atoms with Crippen LogP contribution < -0.4 is 4.74 Å². The number of para-hydroxylation sites is 1. The number of hydrogen-bond acceptors (Lipinski definition) is 7. The molecule has 3 aliphatic heterocycles. The first-order valence-corrected chi connectivity index (χ1v) is 13.0. The van der Waals surface area contributed by atoms with Gasteiger partial charge in [0, 0.05) is 24.2 Å². The lowest BCUT2D eigenvalue weighted by Crippen LogP contribution is -2.55. The van der Waals surface area contributed by atoms with Gasteiger partial charge in [-0.3, -0.25) is 9.88 Å². The highest BCUT2D eigenvalue weighted by Gasteiger charge is 2.43. The van der Waals surface area contributed by atoms with Gasteiger partial charge in [-0.25, -0.2) is 4.68 Å². The van der Waals surface area contributed by atoms with Crippen LogP contribution in [0.25, 0.3) is 16.6 Å². The molecule has 3 fully saturated rings. The number of ether oxygens (including phenoxy) is 2. The van der Waals surface area contributed by atoms with Gasteiger partial charge in [-0.1, -0.05) is 23.4 Å². The van der Waals surface area contributed by atoms with Crippen molar-refractivity contribution in [2.45, 2.75) is 31.6 Å². The van der Waals surface area contributed by atoms with Crippen LogP contribution >= 0.6 is 0 Å². The minimum atomic E-state index is -0.183. The first-order chi connectivity index (χ1) is 18.7. The van der Waals surface area contributed by atoms with Crippen LogP contribution in [-0.4, -0.2) is 51.1 Å². The summed E-state index contributed by atoms with van der Waals surface area (Å²) in [6.45, 7) is 6.46. The van der Waals surface area contributed by atoms with Crippen LogP contribution in [0.1, 0.15) is 35.8 Å². The summed E-state index contributed by atoms with van der Waals surface area (Å²) in [5.74, 6) is 1.93. The molecule has 0 saturated carbocycles. The van der Waals surface area contributed by atoms with E-state index in [2.05, 4.69) is 45.0 Å². The largest absolute Gasteiger partial charge is 0.497 e. The molecule has 2 aromatic heterocycles. The summed E-state index contributed by atoms with van der Waals surface area (Å²) >= 11 is 0. The minimum Gasteiger partial charge on any atom is -0.497 e. The normalized spacial score (nSPS) is 23.2. The molecule has 3 aliphatic rings. The summed E-state index contributed by atoms with van der Waals surface area (Å²) in [7, 11) is 1.68. The Kier molecular flexibility index (Phi) is 6.62. The van der Waals surface area contributed by atoms with Gasteiger partial charge in [0.25, 0.3) is 0 Å². The van der Waals surface area contributed by atoms with Gasteiger partial charge < -0.3 is 9.47 Å². The zero-order valence-corrected chi connectivity index (χ0v) is 21.4. The fourth-order valence-corrected chi connectivity index (χ4v) is 6.05. The summed E-state index contributed by atoms with van der Waals surface area (Å²) in [6, 6.07) is 17.9. The van der Waals surface area contributed by atoms with Crippen LogP contribution in [0, 0.1) is 23.2 Å². The van der Waals surface area contributed by atoms with Crippen LogP contribution in [0.15, 0.2) is 73.6 Å².